The predicted molar refractivity (Wildman–Crippen MR) is 295 cm³/mol. The first-order chi connectivity index (χ1) is 38.9. The lowest BCUT2D eigenvalue weighted by Gasteiger charge is -2.58. The highest BCUT2D eigenvalue weighted by Gasteiger charge is 2.78. The van der Waals surface area contributed by atoms with Gasteiger partial charge in [-0.15, -0.1) is 0 Å². The molecule has 9 saturated heterocycles. The van der Waals surface area contributed by atoms with Crippen LogP contribution in [0.4, 0.5) is 0 Å². The Kier molecular flexibility index (Phi) is 22.5. The third kappa shape index (κ3) is 19.5. The van der Waals surface area contributed by atoms with E-state index >= 15 is 0 Å². The topological polar surface area (TPSA) is 319 Å². The molecule has 10 fully saturated rings. The van der Waals surface area contributed by atoms with E-state index in [0.29, 0.717) is 71.7 Å². The van der Waals surface area contributed by atoms with Crippen LogP contribution < -0.4 is 0 Å². The molecule has 0 aromatic rings. The molecule has 38 heteroatoms. The lowest BCUT2D eigenvalue weighted by Crippen LogP contribution is -2.83. The van der Waals surface area contributed by atoms with Crippen molar-refractivity contribution >= 4 is 88.0 Å². The Labute approximate surface area is 485 Å². The van der Waals surface area contributed by atoms with E-state index in [1.165, 1.54) is 0 Å². The van der Waals surface area contributed by atoms with Gasteiger partial charge in [-0.25, -0.2) is 0 Å². The molecule has 4 N–H and O–H groups in total. The van der Waals surface area contributed by atoms with Gasteiger partial charge in [-0.1, -0.05) is 53.4 Å². The average Bonchev–Trinajstić information content (AvgIpc) is 3.75. The van der Waals surface area contributed by atoms with Gasteiger partial charge in [-0.2, -0.15) is 0 Å². The highest BCUT2D eigenvalue weighted by molar-refractivity contribution is 7.00. The van der Waals surface area contributed by atoms with Crippen molar-refractivity contribution in [1.82, 2.24) is 0 Å². The molecule has 0 aromatic heterocycles. The summed E-state index contributed by atoms with van der Waals surface area (Å²) in [5, 5.41) is 0. The summed E-state index contributed by atoms with van der Waals surface area (Å²) < 4.78 is 159. The van der Waals surface area contributed by atoms with Crippen molar-refractivity contribution in [2.24, 2.45) is 0 Å². The van der Waals surface area contributed by atoms with Gasteiger partial charge in [-0.3, -0.25) is 0 Å². The van der Waals surface area contributed by atoms with Crippen LogP contribution in [0, 0.1) is 0 Å². The van der Waals surface area contributed by atoms with E-state index in [-0.39, 0.29) is 163 Å². The quantitative estimate of drug-likeness (QED) is 0.0389. The molecule has 468 valence electrons. The fourth-order valence-corrected chi connectivity index (χ4v) is 63.7. The average molecular weight is 1330 g/mol. The smallest absolute Gasteiger partial charge is 0.391 e. The SMILES string of the molecule is CCC[Si]12O[Si](O)(CCCOC3CC3)O[Si](O)(CCCOC3CO3)O[Si](CCC)(O1)O[Si]1(CCCOC3CO3)O[Si]3(CCC)O[Si](O)(CCCOC4CO4)O[Si](O)(CCCOC4CO4)O[Si](CCC)(O3)O[Si](CCCOC3CO3)(O2)O1. The standard InChI is InChI=1S/C43H88O28Si10/c1-5-23-76-61-72(44,27-9-17-48-38-15-16-38)59-73(45,28-10-18-49-39-33-54-39)62-77(65-76,24-6-2)68-81(32-14-22-53-43-37-58-43)70-79(26-8-4)64-75(47,30-12-20-51-41-35-56-41)60-74(46,29-11-19-50-40-34-55-40)63-78(66-79,25-7-3)69-80(67-76,71-81)31-13-21-52-42-36-57-42/h38-47H,5-37H2,1-4H3. The van der Waals surface area contributed by atoms with E-state index in [1.54, 1.807) is 0 Å². The highest BCUT2D eigenvalue weighted by Crippen LogP contribution is 2.51. The predicted octanol–water partition coefficient (Wildman–Crippen LogP) is 3.64. The van der Waals surface area contributed by atoms with Crippen molar-refractivity contribution in [1.29, 1.82) is 0 Å². The second kappa shape index (κ2) is 28.1. The van der Waals surface area contributed by atoms with Gasteiger partial charge >= 0.3 is 88.0 Å². The maximum atomic E-state index is 13.2. The zero-order valence-electron chi connectivity index (χ0n) is 47.4. The summed E-state index contributed by atoms with van der Waals surface area (Å²) in [6, 6.07) is 0.0477. The summed E-state index contributed by atoms with van der Waals surface area (Å²) in [5.41, 5.74) is 0. The Balaban J connectivity index is 1.11. The van der Waals surface area contributed by atoms with Crippen molar-refractivity contribution in [3.8, 4) is 0 Å². The first-order valence-electron chi connectivity index (χ1n) is 29.7. The van der Waals surface area contributed by atoms with Crippen LogP contribution in [0.15, 0.2) is 0 Å². The van der Waals surface area contributed by atoms with Crippen molar-refractivity contribution in [3.63, 3.8) is 0 Å². The van der Waals surface area contributed by atoms with Gasteiger partial charge in [0.1, 0.15) is 33.0 Å². The number of epoxide rings is 5. The maximum Gasteiger partial charge on any atom is 0.483 e. The van der Waals surface area contributed by atoms with Gasteiger partial charge in [-0.05, 0) is 51.4 Å². The normalized spacial score (nSPS) is 43.5. The molecule has 81 heavy (non-hydrogen) atoms. The number of fused-ring (bicyclic) bond motifs is 6. The van der Waals surface area contributed by atoms with Crippen LogP contribution in [0.1, 0.15) is 105 Å². The zero-order chi connectivity index (χ0) is 56.8. The molecule has 6 bridgehead atoms. The molecule has 9 aliphatic heterocycles. The highest BCUT2D eigenvalue weighted by atomic mass is 28.6. The third-order valence-electron chi connectivity index (χ3n) is 14.0. The van der Waals surface area contributed by atoms with Crippen molar-refractivity contribution in [3.05, 3.63) is 0 Å². The fourth-order valence-electron chi connectivity index (χ4n) is 10.1. The molecule has 0 spiro atoms. The molecule has 0 aromatic carbocycles. The Hall–Kier alpha value is 1.05. The van der Waals surface area contributed by atoms with E-state index < -0.39 is 88.0 Å². The Morgan fingerprint density at radius 3 is 0.704 bits per heavy atom. The largest absolute Gasteiger partial charge is 0.483 e. The molecule has 28 nitrogen and oxygen atoms in total. The molecular formula is C43H88O28Si10. The molecule has 0 amide bonds. The van der Waals surface area contributed by atoms with Crippen molar-refractivity contribution in [2.45, 2.75) is 203 Å². The van der Waals surface area contributed by atoms with Crippen LogP contribution in [0.25, 0.3) is 0 Å². The van der Waals surface area contributed by atoms with Crippen LogP contribution in [-0.4, -0.2) is 217 Å². The Morgan fingerprint density at radius 1 is 0.284 bits per heavy atom. The van der Waals surface area contributed by atoms with Crippen LogP contribution in [-0.2, 0) is 106 Å². The summed E-state index contributed by atoms with van der Waals surface area (Å²) >= 11 is 0. The van der Waals surface area contributed by atoms with Crippen molar-refractivity contribution in [2.75, 3.05) is 72.7 Å². The lowest BCUT2D eigenvalue weighted by molar-refractivity contribution is -0.00391. The monoisotopic (exact) mass is 1330 g/mol. The number of rotatable bonds is 38. The summed E-state index contributed by atoms with van der Waals surface area (Å²) in [6.45, 7) is 11.3. The maximum absolute atomic E-state index is 13.2. The van der Waals surface area contributed by atoms with Crippen molar-refractivity contribution < 1.29 is 125 Å². The molecule has 10 rings (SSSR count). The van der Waals surface area contributed by atoms with Gasteiger partial charge in [0.2, 0.25) is 0 Å². The van der Waals surface area contributed by atoms with Crippen LogP contribution in [0.3, 0.4) is 0 Å². The molecule has 1 aliphatic carbocycles. The molecule has 10 aliphatic rings. The lowest BCUT2D eigenvalue weighted by atomic mass is 10.5. The van der Waals surface area contributed by atoms with Crippen LogP contribution in [0.5, 0.6) is 0 Å². The van der Waals surface area contributed by atoms with E-state index in [9.17, 15) is 19.2 Å². The van der Waals surface area contributed by atoms with Gasteiger partial charge in [0.25, 0.3) is 0 Å². The first-order valence-corrected chi connectivity index (χ1v) is 49.2. The fraction of sp³-hybridized carbons (Fsp3) is 1.00. The summed E-state index contributed by atoms with van der Waals surface area (Å²) in [5.74, 6) is 0. The minimum absolute atomic E-state index is 0.00553. The molecule has 0 radical (unpaired) electrons. The van der Waals surface area contributed by atoms with Gasteiger partial charge in [0.15, 0.2) is 31.5 Å². The summed E-state index contributed by atoms with van der Waals surface area (Å²) in [7, 11) is -46.6. The number of ether oxygens (including phenoxy) is 11. The minimum atomic E-state index is -4.74. The first kappa shape index (κ1) is 65.0. The number of hydrogen-bond acceptors (Lipinski definition) is 28. The van der Waals surface area contributed by atoms with Gasteiger partial charge in [0.05, 0.1) is 6.10 Å². The van der Waals surface area contributed by atoms with E-state index in [2.05, 4.69) is 0 Å². The summed E-state index contributed by atoms with van der Waals surface area (Å²) in [4.78, 5) is 52.8. The minimum Gasteiger partial charge on any atom is -0.391 e. The molecular weight excluding hydrogens is 1250 g/mol. The van der Waals surface area contributed by atoms with Gasteiger partial charge in [0, 0.05) is 100 Å². The van der Waals surface area contributed by atoms with Crippen LogP contribution in [0.2, 0.25) is 60.4 Å². The van der Waals surface area contributed by atoms with E-state index in [4.69, 9.17) is 106 Å². The molecule has 9 heterocycles. The summed E-state index contributed by atoms with van der Waals surface area (Å²) in [6.07, 6.45) is 3.49. The molecule has 15 unspecified atom stereocenters. The zero-order valence-corrected chi connectivity index (χ0v) is 57.4. The van der Waals surface area contributed by atoms with E-state index in [1.807, 2.05) is 27.7 Å². The molecule has 1 saturated carbocycles. The van der Waals surface area contributed by atoms with Gasteiger partial charge < -0.3 is 125 Å². The Bertz CT molecular complexity index is 1760. The molecule has 15 atom stereocenters. The Morgan fingerprint density at radius 2 is 0.494 bits per heavy atom. The number of hydrogen-bond donors (Lipinski definition) is 4. The van der Waals surface area contributed by atoms with E-state index in [0.717, 1.165) is 12.8 Å². The second-order valence-corrected chi connectivity index (χ2v) is 51.6. The third-order valence-corrected chi connectivity index (χ3v) is 56.9. The van der Waals surface area contributed by atoms with Crippen LogP contribution >= 0.6 is 0 Å². The second-order valence-electron chi connectivity index (χ2n) is 22.1.